The van der Waals surface area contributed by atoms with Gasteiger partial charge < -0.3 is 15.8 Å². The third kappa shape index (κ3) is 3.80. The molecule has 0 spiro atoms. The molecule has 0 aliphatic heterocycles. The number of hydrogen-bond acceptors (Lipinski definition) is 3. The number of nitrogen functional groups attached to an aromatic ring is 1. The summed E-state index contributed by atoms with van der Waals surface area (Å²) in [5.74, 6) is 0. The van der Waals surface area contributed by atoms with Crippen molar-refractivity contribution in [2.45, 2.75) is 19.8 Å². The van der Waals surface area contributed by atoms with Crippen molar-refractivity contribution >= 4 is 11.4 Å². The molecule has 1 rings (SSSR count). The summed E-state index contributed by atoms with van der Waals surface area (Å²) in [4.78, 5) is 0. The van der Waals surface area contributed by atoms with Crippen molar-refractivity contribution in [2.75, 3.05) is 31.3 Å². The fraction of sp³-hybridized carbons (Fsp3) is 0.500. The molecule has 84 valence electrons. The smallest absolute Gasteiger partial charge is 0.0462 e. The minimum Gasteiger partial charge on any atom is -0.398 e. The number of ether oxygens (including phenoxy) is 1. The van der Waals surface area contributed by atoms with Crippen LogP contribution in [0.4, 0.5) is 11.4 Å². The fourth-order valence-corrected chi connectivity index (χ4v) is 1.44. The normalized spacial score (nSPS) is 10.3. The van der Waals surface area contributed by atoms with E-state index in [9.17, 15) is 0 Å². The monoisotopic (exact) mass is 208 g/mol. The highest BCUT2D eigenvalue weighted by atomic mass is 16.5. The summed E-state index contributed by atoms with van der Waals surface area (Å²) in [5, 5.41) is 3.38. The Labute approximate surface area is 91.6 Å². The van der Waals surface area contributed by atoms with Gasteiger partial charge in [0.2, 0.25) is 0 Å². The van der Waals surface area contributed by atoms with Crippen molar-refractivity contribution in [2.24, 2.45) is 0 Å². The Morgan fingerprint density at radius 3 is 2.87 bits per heavy atom. The third-order valence-corrected chi connectivity index (χ3v) is 2.47. The van der Waals surface area contributed by atoms with Gasteiger partial charge in [-0.2, -0.15) is 0 Å². The second kappa shape index (κ2) is 6.30. The van der Waals surface area contributed by atoms with Crippen molar-refractivity contribution < 1.29 is 4.74 Å². The van der Waals surface area contributed by atoms with E-state index in [0.29, 0.717) is 0 Å². The molecule has 0 saturated heterocycles. The van der Waals surface area contributed by atoms with E-state index >= 15 is 0 Å². The van der Waals surface area contributed by atoms with Gasteiger partial charge in [0.1, 0.15) is 0 Å². The van der Waals surface area contributed by atoms with Crippen LogP contribution in [-0.4, -0.2) is 20.3 Å². The SMILES string of the molecule is COCCCCNc1cccc(N)c1C. The van der Waals surface area contributed by atoms with E-state index in [0.717, 1.165) is 42.9 Å². The Bertz CT molecular complexity index is 300. The zero-order chi connectivity index (χ0) is 11.1. The average molecular weight is 208 g/mol. The van der Waals surface area contributed by atoms with Crippen molar-refractivity contribution in [1.82, 2.24) is 0 Å². The summed E-state index contributed by atoms with van der Waals surface area (Å²) in [6.07, 6.45) is 2.20. The first kappa shape index (κ1) is 11.9. The summed E-state index contributed by atoms with van der Waals surface area (Å²) in [5.41, 5.74) is 8.92. The quantitative estimate of drug-likeness (QED) is 0.557. The predicted molar refractivity (Wildman–Crippen MR) is 65.2 cm³/mol. The first-order valence-electron chi connectivity index (χ1n) is 5.33. The van der Waals surface area contributed by atoms with Crippen molar-refractivity contribution in [3.8, 4) is 0 Å². The number of unbranched alkanes of at least 4 members (excludes halogenated alkanes) is 1. The van der Waals surface area contributed by atoms with Gasteiger partial charge in [0.15, 0.2) is 0 Å². The van der Waals surface area contributed by atoms with E-state index in [1.807, 2.05) is 19.1 Å². The second-order valence-electron chi connectivity index (χ2n) is 3.65. The molecular formula is C12H20N2O. The standard InChI is InChI=1S/C12H20N2O/c1-10-11(13)6-5-7-12(10)14-8-3-4-9-15-2/h5-7,14H,3-4,8-9,13H2,1-2H3. The molecule has 0 atom stereocenters. The van der Waals surface area contributed by atoms with Gasteiger partial charge in [-0.25, -0.2) is 0 Å². The van der Waals surface area contributed by atoms with Gasteiger partial charge in [0, 0.05) is 31.6 Å². The summed E-state index contributed by atoms with van der Waals surface area (Å²) in [6.45, 7) is 3.83. The van der Waals surface area contributed by atoms with Crippen LogP contribution in [0.2, 0.25) is 0 Å². The second-order valence-corrected chi connectivity index (χ2v) is 3.65. The Morgan fingerprint density at radius 2 is 2.13 bits per heavy atom. The lowest BCUT2D eigenvalue weighted by Gasteiger charge is -2.10. The highest BCUT2D eigenvalue weighted by Gasteiger charge is 1.99. The molecule has 3 N–H and O–H groups in total. The van der Waals surface area contributed by atoms with Crippen LogP contribution < -0.4 is 11.1 Å². The molecule has 0 aliphatic rings. The number of hydrogen-bond donors (Lipinski definition) is 2. The average Bonchev–Trinajstić information content (AvgIpc) is 2.24. The van der Waals surface area contributed by atoms with Crippen molar-refractivity contribution in [3.05, 3.63) is 23.8 Å². The Balaban J connectivity index is 2.34. The van der Waals surface area contributed by atoms with Crippen LogP contribution in [-0.2, 0) is 4.74 Å². The summed E-state index contributed by atoms with van der Waals surface area (Å²) in [6, 6.07) is 5.95. The maximum atomic E-state index is 5.81. The van der Waals surface area contributed by atoms with Gasteiger partial charge in [-0.1, -0.05) is 6.07 Å². The number of methoxy groups -OCH3 is 1. The number of anilines is 2. The van der Waals surface area contributed by atoms with E-state index in [1.165, 1.54) is 0 Å². The van der Waals surface area contributed by atoms with Crippen LogP contribution in [0.1, 0.15) is 18.4 Å². The Hall–Kier alpha value is -1.22. The van der Waals surface area contributed by atoms with Gasteiger partial charge in [-0.3, -0.25) is 0 Å². The summed E-state index contributed by atoms with van der Waals surface area (Å²) < 4.78 is 4.99. The van der Waals surface area contributed by atoms with Crippen molar-refractivity contribution in [3.63, 3.8) is 0 Å². The molecule has 0 amide bonds. The van der Waals surface area contributed by atoms with Gasteiger partial charge >= 0.3 is 0 Å². The topological polar surface area (TPSA) is 47.3 Å². The molecular weight excluding hydrogens is 188 g/mol. The van der Waals surface area contributed by atoms with Crippen molar-refractivity contribution in [1.29, 1.82) is 0 Å². The first-order valence-corrected chi connectivity index (χ1v) is 5.33. The zero-order valence-electron chi connectivity index (χ0n) is 9.55. The van der Waals surface area contributed by atoms with Gasteiger partial charge in [-0.15, -0.1) is 0 Å². The molecule has 0 unspecified atom stereocenters. The molecule has 0 heterocycles. The van der Waals surface area contributed by atoms with Gasteiger partial charge in [-0.05, 0) is 37.5 Å². The molecule has 3 nitrogen and oxygen atoms in total. The van der Waals surface area contributed by atoms with Crippen LogP contribution in [0.5, 0.6) is 0 Å². The molecule has 0 radical (unpaired) electrons. The molecule has 0 aliphatic carbocycles. The van der Waals surface area contributed by atoms with Crippen LogP contribution in [0, 0.1) is 6.92 Å². The highest BCUT2D eigenvalue weighted by molar-refractivity contribution is 5.62. The number of rotatable bonds is 6. The highest BCUT2D eigenvalue weighted by Crippen LogP contribution is 2.20. The minimum atomic E-state index is 0.831. The van der Waals surface area contributed by atoms with E-state index in [1.54, 1.807) is 7.11 Å². The Kier molecular flexibility index (Phi) is 4.98. The summed E-state index contributed by atoms with van der Waals surface area (Å²) >= 11 is 0. The predicted octanol–water partition coefficient (Wildman–Crippen LogP) is 2.42. The largest absolute Gasteiger partial charge is 0.398 e. The van der Waals surface area contributed by atoms with E-state index in [4.69, 9.17) is 10.5 Å². The van der Waals surface area contributed by atoms with Crippen LogP contribution in [0.3, 0.4) is 0 Å². The van der Waals surface area contributed by atoms with E-state index in [2.05, 4.69) is 11.4 Å². The van der Waals surface area contributed by atoms with E-state index < -0.39 is 0 Å². The number of nitrogens with one attached hydrogen (secondary N) is 1. The molecule has 0 saturated carbocycles. The lowest BCUT2D eigenvalue weighted by atomic mass is 10.1. The van der Waals surface area contributed by atoms with Crippen LogP contribution in [0.15, 0.2) is 18.2 Å². The molecule has 0 bridgehead atoms. The Morgan fingerprint density at radius 1 is 1.33 bits per heavy atom. The van der Waals surface area contributed by atoms with Gasteiger partial charge in [0.05, 0.1) is 0 Å². The maximum Gasteiger partial charge on any atom is 0.0462 e. The molecule has 0 aromatic heterocycles. The number of nitrogens with two attached hydrogens (primary N) is 1. The maximum absolute atomic E-state index is 5.81. The molecule has 3 heteroatoms. The summed E-state index contributed by atoms with van der Waals surface area (Å²) in [7, 11) is 1.73. The number of benzene rings is 1. The van der Waals surface area contributed by atoms with E-state index in [-0.39, 0.29) is 0 Å². The molecule has 1 aromatic carbocycles. The molecule has 15 heavy (non-hydrogen) atoms. The third-order valence-electron chi connectivity index (χ3n) is 2.47. The van der Waals surface area contributed by atoms with Crippen LogP contribution in [0.25, 0.3) is 0 Å². The van der Waals surface area contributed by atoms with Gasteiger partial charge in [0.25, 0.3) is 0 Å². The lowest BCUT2D eigenvalue weighted by Crippen LogP contribution is -2.05. The first-order chi connectivity index (χ1) is 7.25. The zero-order valence-corrected chi connectivity index (χ0v) is 9.55. The minimum absolute atomic E-state index is 0.831. The fourth-order valence-electron chi connectivity index (χ4n) is 1.44. The molecule has 0 fully saturated rings. The molecule has 1 aromatic rings. The lowest BCUT2D eigenvalue weighted by molar-refractivity contribution is 0.194. The van der Waals surface area contributed by atoms with Crippen LogP contribution >= 0.6 is 0 Å².